The van der Waals surface area contributed by atoms with Gasteiger partial charge in [-0.3, -0.25) is 9.59 Å². The third kappa shape index (κ3) is 72.3. The highest BCUT2D eigenvalue weighted by atomic mass is 16.7. The van der Waals surface area contributed by atoms with Crippen LogP contribution in [0.5, 0.6) is 0 Å². The van der Waals surface area contributed by atoms with Gasteiger partial charge in [0, 0.05) is 12.8 Å². The number of esters is 2. The molecule has 0 aromatic rings. The molecule has 520 valence electrons. The highest BCUT2D eigenvalue weighted by Crippen LogP contribution is 2.19. The van der Waals surface area contributed by atoms with Crippen molar-refractivity contribution in [2.75, 3.05) is 47.5 Å². The number of nitrogens with zero attached hydrogens (tertiary/aromatic N) is 1. The van der Waals surface area contributed by atoms with Gasteiger partial charge in [-0.2, -0.15) is 0 Å². The minimum atomic E-state index is -1.51. The first-order chi connectivity index (χ1) is 43.6. The molecule has 0 aliphatic carbocycles. The van der Waals surface area contributed by atoms with Crippen molar-refractivity contribution in [3.63, 3.8) is 0 Å². The lowest BCUT2D eigenvalue weighted by Crippen LogP contribution is -2.40. The van der Waals surface area contributed by atoms with E-state index in [4.69, 9.17) is 18.9 Å². The van der Waals surface area contributed by atoms with Gasteiger partial charge in [-0.1, -0.05) is 344 Å². The Morgan fingerprint density at radius 2 is 0.640 bits per heavy atom. The number of carboxylic acids is 1. The first-order valence-corrected chi connectivity index (χ1v) is 38.5. The van der Waals surface area contributed by atoms with E-state index < -0.39 is 18.4 Å². The van der Waals surface area contributed by atoms with Crippen LogP contribution in [0.15, 0.2) is 60.8 Å². The van der Waals surface area contributed by atoms with Crippen LogP contribution >= 0.6 is 0 Å². The van der Waals surface area contributed by atoms with Gasteiger partial charge in [-0.05, 0) is 77.0 Å². The molecule has 2 atom stereocenters. The zero-order valence-electron chi connectivity index (χ0n) is 59.6. The number of allylic oxidation sites excluding steroid dienone is 10. The van der Waals surface area contributed by atoms with E-state index in [0.29, 0.717) is 17.4 Å². The summed E-state index contributed by atoms with van der Waals surface area (Å²) >= 11 is 0. The van der Waals surface area contributed by atoms with Crippen LogP contribution in [0.25, 0.3) is 0 Å². The van der Waals surface area contributed by atoms with E-state index in [2.05, 4.69) is 74.6 Å². The molecule has 0 aromatic carbocycles. The van der Waals surface area contributed by atoms with Crippen LogP contribution in [0.3, 0.4) is 0 Å². The molecule has 0 aliphatic rings. The van der Waals surface area contributed by atoms with Gasteiger partial charge in [0.2, 0.25) is 0 Å². The number of carbonyl (C=O) groups excluding carboxylic acids is 2. The fourth-order valence-electron chi connectivity index (χ4n) is 11.4. The number of hydrogen-bond donors (Lipinski definition) is 1. The molecule has 0 rings (SSSR count). The Labute approximate surface area is 552 Å². The van der Waals surface area contributed by atoms with Crippen LogP contribution in [0.1, 0.15) is 373 Å². The minimum Gasteiger partial charge on any atom is -0.477 e. The van der Waals surface area contributed by atoms with Crippen molar-refractivity contribution in [2.24, 2.45) is 0 Å². The summed E-state index contributed by atoms with van der Waals surface area (Å²) in [4.78, 5) is 37.7. The summed E-state index contributed by atoms with van der Waals surface area (Å²) in [6.45, 7) is 4.83. The van der Waals surface area contributed by atoms with Gasteiger partial charge in [0.15, 0.2) is 6.10 Å². The molecule has 2 unspecified atom stereocenters. The zero-order valence-corrected chi connectivity index (χ0v) is 59.6. The normalized spacial score (nSPS) is 13.0. The van der Waals surface area contributed by atoms with Crippen molar-refractivity contribution in [1.29, 1.82) is 0 Å². The van der Waals surface area contributed by atoms with Crippen molar-refractivity contribution >= 4 is 17.9 Å². The quantitative estimate of drug-likeness (QED) is 0.0211. The number of unbranched alkanes of at least 4 members (excludes halogenated alkanes) is 47. The molecule has 0 aliphatic heterocycles. The van der Waals surface area contributed by atoms with Crippen molar-refractivity contribution in [3.8, 4) is 0 Å². The largest absolute Gasteiger partial charge is 0.477 e. The molecule has 0 heterocycles. The van der Waals surface area contributed by atoms with Gasteiger partial charge in [0.1, 0.15) is 13.2 Å². The smallest absolute Gasteiger partial charge is 0.361 e. The summed E-state index contributed by atoms with van der Waals surface area (Å²) in [5.74, 6) is -1.98. The fraction of sp³-hybridized carbons (Fsp3) is 0.838. The molecule has 0 bridgehead atoms. The highest BCUT2D eigenvalue weighted by molar-refractivity contribution is 5.71. The number of ether oxygens (including phenoxy) is 4. The second kappa shape index (κ2) is 70.9. The summed E-state index contributed by atoms with van der Waals surface area (Å²) in [7, 11) is 5.99. The summed E-state index contributed by atoms with van der Waals surface area (Å²) < 4.78 is 23.0. The molecule has 0 aromatic heterocycles. The second-order valence-electron chi connectivity index (χ2n) is 27.3. The molecule has 0 fully saturated rings. The SMILES string of the molecule is CC/C=C\C/C=C\C/C=C\C/C=C\CCCCCCCCCCCCCCCCCCCCC(=O)OC(COC(=O)CCCCCCCCCCCCCCCCCCCCCCC/C=C\CCCCCCCCCC)COC(OCC[N+](C)(C)C)C(=O)O. The van der Waals surface area contributed by atoms with E-state index in [0.717, 1.165) is 64.2 Å². The van der Waals surface area contributed by atoms with E-state index >= 15 is 0 Å². The lowest BCUT2D eigenvalue weighted by atomic mass is 10.0. The predicted molar refractivity (Wildman–Crippen MR) is 383 cm³/mol. The molecule has 0 saturated carbocycles. The van der Waals surface area contributed by atoms with Gasteiger partial charge in [-0.25, -0.2) is 4.79 Å². The number of carboxylic acid groups (broad SMARTS) is 1. The summed E-state index contributed by atoms with van der Waals surface area (Å²) in [5, 5.41) is 9.77. The number of hydrogen-bond acceptors (Lipinski definition) is 7. The molecule has 9 heteroatoms. The maximum atomic E-state index is 13.0. The topological polar surface area (TPSA) is 108 Å². The second-order valence-corrected chi connectivity index (χ2v) is 27.3. The Kier molecular flexibility index (Phi) is 68.5. The summed E-state index contributed by atoms with van der Waals surface area (Å²) in [6, 6.07) is 0. The fourth-order valence-corrected chi connectivity index (χ4v) is 11.4. The Morgan fingerprint density at radius 1 is 0.348 bits per heavy atom. The van der Waals surface area contributed by atoms with Crippen LogP contribution in [-0.4, -0.2) is 87.4 Å². The third-order valence-corrected chi connectivity index (χ3v) is 17.3. The summed E-state index contributed by atoms with van der Waals surface area (Å²) in [5.41, 5.74) is 0. The van der Waals surface area contributed by atoms with E-state index in [1.54, 1.807) is 0 Å². The molecular formula is C80H148NO8+. The minimum absolute atomic E-state index is 0.177. The molecule has 89 heavy (non-hydrogen) atoms. The highest BCUT2D eigenvalue weighted by Gasteiger charge is 2.25. The molecule has 9 nitrogen and oxygen atoms in total. The number of quaternary nitrogens is 1. The van der Waals surface area contributed by atoms with Crippen LogP contribution in [-0.2, 0) is 33.3 Å². The maximum absolute atomic E-state index is 13.0. The van der Waals surface area contributed by atoms with Crippen molar-refractivity contribution in [3.05, 3.63) is 60.8 Å². The first-order valence-electron chi connectivity index (χ1n) is 38.5. The molecule has 0 saturated heterocycles. The average molecular weight is 1250 g/mol. The Morgan fingerprint density at radius 3 is 0.966 bits per heavy atom. The molecule has 0 spiro atoms. The van der Waals surface area contributed by atoms with Gasteiger partial charge in [0.05, 0.1) is 34.4 Å². The molecule has 0 radical (unpaired) electrons. The number of rotatable bonds is 72. The Hall–Kier alpha value is -3.01. The van der Waals surface area contributed by atoms with Crippen LogP contribution in [0.4, 0.5) is 0 Å². The van der Waals surface area contributed by atoms with Gasteiger partial charge < -0.3 is 28.5 Å². The van der Waals surface area contributed by atoms with E-state index in [1.807, 2.05) is 21.1 Å². The molecule has 1 N–H and O–H groups in total. The average Bonchev–Trinajstić information content (AvgIpc) is 3.64. The standard InChI is InChI=1S/C80H147NO8/c1-6-8-10-12-14-16-18-20-22-24-26-28-30-32-34-36-38-39-41-42-44-46-48-50-52-54-56-58-60-62-64-66-68-70-77(82)87-74-76(75-88-80(79(84)85)86-73-72-81(3,4)5)89-78(83)71-69-67-65-63-61-59-57-55-53-51-49-47-45-43-40-37-35-33-31-29-27-25-23-21-19-17-15-13-11-9-7-2/h9,11,15,17,21,23-24,26-27,29,76,80H,6-8,10,12-14,16,18-20,22,25,28,30-75H2,1-5H3/p+1/b11-9-,17-15-,23-21-,26-24-,29-27-. The monoisotopic (exact) mass is 1250 g/mol. The lowest BCUT2D eigenvalue weighted by Gasteiger charge is -2.25. The maximum Gasteiger partial charge on any atom is 0.361 e. The van der Waals surface area contributed by atoms with Gasteiger partial charge in [0.25, 0.3) is 6.29 Å². The lowest BCUT2D eigenvalue weighted by molar-refractivity contribution is -0.870. The van der Waals surface area contributed by atoms with E-state index in [-0.39, 0.29) is 38.2 Å². The number of carbonyl (C=O) groups is 3. The third-order valence-electron chi connectivity index (χ3n) is 17.3. The predicted octanol–water partition coefficient (Wildman–Crippen LogP) is 24.3. The van der Waals surface area contributed by atoms with Crippen molar-refractivity contribution in [1.82, 2.24) is 0 Å². The van der Waals surface area contributed by atoms with Crippen LogP contribution in [0, 0.1) is 0 Å². The van der Waals surface area contributed by atoms with Gasteiger partial charge in [-0.15, -0.1) is 0 Å². The van der Waals surface area contributed by atoms with Crippen LogP contribution < -0.4 is 0 Å². The Bertz CT molecular complexity index is 1650. The molecular weight excluding hydrogens is 1100 g/mol. The summed E-state index contributed by atoms with van der Waals surface area (Å²) in [6.07, 6.45) is 90.8. The molecule has 0 amide bonds. The van der Waals surface area contributed by atoms with Crippen LogP contribution in [0.2, 0.25) is 0 Å². The zero-order chi connectivity index (χ0) is 64.7. The Balaban J connectivity index is 4.01. The van der Waals surface area contributed by atoms with Crippen molar-refractivity contribution in [2.45, 2.75) is 386 Å². The number of likely N-dealkylation sites (N-methyl/N-ethyl adjacent to an activating group) is 1. The van der Waals surface area contributed by atoms with E-state index in [1.165, 1.54) is 283 Å². The number of aliphatic carboxylic acids is 1. The van der Waals surface area contributed by atoms with Gasteiger partial charge >= 0.3 is 17.9 Å². The van der Waals surface area contributed by atoms with E-state index in [9.17, 15) is 19.5 Å². The first kappa shape index (κ1) is 86.0. The van der Waals surface area contributed by atoms with Crippen molar-refractivity contribution < 1.29 is 42.9 Å².